The lowest BCUT2D eigenvalue weighted by Crippen LogP contribution is -1.92. The van der Waals surface area contributed by atoms with Crippen molar-refractivity contribution in [2.24, 2.45) is 0 Å². The smallest absolute Gasteiger partial charge is 0.145 e. The van der Waals surface area contributed by atoms with Gasteiger partial charge in [-0.2, -0.15) is 0 Å². The predicted molar refractivity (Wildman–Crippen MR) is 176 cm³/mol. The molecule has 0 aliphatic rings. The predicted octanol–water partition coefficient (Wildman–Crippen LogP) is 10.2. The highest BCUT2D eigenvalue weighted by Gasteiger charge is 2.18. The first-order valence-electron chi connectivity index (χ1n) is 14.4. The Morgan fingerprint density at radius 2 is 1.14 bits per heavy atom. The highest BCUT2D eigenvalue weighted by atomic mass is 16.3. The summed E-state index contributed by atoms with van der Waals surface area (Å²) in [6, 6.07) is 44.2. The van der Waals surface area contributed by atoms with Crippen LogP contribution in [0.2, 0.25) is 0 Å². The zero-order chi connectivity index (χ0) is 28.3. The van der Waals surface area contributed by atoms with Crippen LogP contribution in [-0.4, -0.2) is 15.0 Å². The molecule has 9 rings (SSSR count). The normalized spacial score (nSPS) is 11.7. The lowest BCUT2D eigenvalue weighted by atomic mass is 9.96. The number of fused-ring (bicyclic) bond motifs is 8. The molecule has 4 nitrogen and oxygen atoms in total. The second kappa shape index (κ2) is 9.33. The van der Waals surface area contributed by atoms with Gasteiger partial charge in [-0.3, -0.25) is 9.97 Å². The van der Waals surface area contributed by atoms with Crippen LogP contribution in [0.15, 0.2) is 144 Å². The zero-order valence-electron chi connectivity index (χ0n) is 23.0. The van der Waals surface area contributed by atoms with Crippen LogP contribution in [0.3, 0.4) is 0 Å². The van der Waals surface area contributed by atoms with Gasteiger partial charge in [0.15, 0.2) is 0 Å². The first kappa shape index (κ1) is 23.8. The van der Waals surface area contributed by atoms with E-state index in [1.165, 1.54) is 0 Å². The molecule has 0 aliphatic heterocycles. The summed E-state index contributed by atoms with van der Waals surface area (Å²) in [5, 5.41) is 5.36. The van der Waals surface area contributed by atoms with Crippen LogP contribution in [0.25, 0.3) is 88.2 Å². The van der Waals surface area contributed by atoms with Gasteiger partial charge in [0.25, 0.3) is 0 Å². The number of hydrogen-bond acceptors (Lipinski definition) is 4. The summed E-state index contributed by atoms with van der Waals surface area (Å²) >= 11 is 0. The summed E-state index contributed by atoms with van der Waals surface area (Å²) in [5.74, 6) is 0. The summed E-state index contributed by atoms with van der Waals surface area (Å²) in [6.07, 6.45) is 3.67. The van der Waals surface area contributed by atoms with Gasteiger partial charge in [-0.25, -0.2) is 4.98 Å². The molecule has 0 aliphatic carbocycles. The van der Waals surface area contributed by atoms with Gasteiger partial charge in [0.1, 0.15) is 16.7 Å². The van der Waals surface area contributed by atoms with Crippen molar-refractivity contribution < 1.29 is 4.42 Å². The lowest BCUT2D eigenvalue weighted by molar-refractivity contribution is 0.673. The molecule has 43 heavy (non-hydrogen) atoms. The van der Waals surface area contributed by atoms with Crippen molar-refractivity contribution in [3.8, 4) is 33.5 Å². The standard InChI is InChI=1S/C39H23N3O/c1-2-11-34-30(8-1)31-20-21-32-35(39(31)43-34)38-33(10-5-23-41-38)42-37(32)28-18-14-25(15-19-28)24-12-16-26(17-13-24)29-9-3-6-27-7-4-22-40-36(27)29/h1-23H. The number of hydrogen-bond donors (Lipinski definition) is 0. The van der Waals surface area contributed by atoms with Gasteiger partial charge in [0, 0.05) is 45.1 Å². The number of aromatic nitrogens is 3. The van der Waals surface area contributed by atoms with Gasteiger partial charge in [0.05, 0.1) is 22.1 Å². The van der Waals surface area contributed by atoms with E-state index in [9.17, 15) is 0 Å². The second-order valence-electron chi connectivity index (χ2n) is 10.8. The van der Waals surface area contributed by atoms with E-state index in [1.807, 2.05) is 48.8 Å². The Bertz CT molecular complexity index is 2490. The second-order valence-corrected chi connectivity index (χ2v) is 10.8. The number of rotatable bonds is 3. The van der Waals surface area contributed by atoms with Crippen molar-refractivity contribution in [1.29, 1.82) is 0 Å². The minimum Gasteiger partial charge on any atom is -0.455 e. The number of furan rings is 1. The first-order valence-corrected chi connectivity index (χ1v) is 14.4. The van der Waals surface area contributed by atoms with Crippen LogP contribution in [-0.2, 0) is 0 Å². The quantitative estimate of drug-likeness (QED) is 0.206. The highest BCUT2D eigenvalue weighted by molar-refractivity contribution is 6.23. The average Bonchev–Trinajstić information content (AvgIpc) is 3.47. The fourth-order valence-electron chi connectivity index (χ4n) is 6.30. The van der Waals surface area contributed by atoms with Crippen molar-refractivity contribution in [2.75, 3.05) is 0 Å². The van der Waals surface area contributed by atoms with E-state index in [4.69, 9.17) is 14.4 Å². The van der Waals surface area contributed by atoms with Gasteiger partial charge in [-0.05, 0) is 47.0 Å². The Hall–Kier alpha value is -5.87. The van der Waals surface area contributed by atoms with Crippen molar-refractivity contribution in [1.82, 2.24) is 15.0 Å². The fourth-order valence-corrected chi connectivity index (χ4v) is 6.30. The van der Waals surface area contributed by atoms with Crippen LogP contribution in [0.4, 0.5) is 0 Å². The molecule has 4 heterocycles. The van der Waals surface area contributed by atoms with Crippen molar-refractivity contribution in [3.63, 3.8) is 0 Å². The average molecular weight is 550 g/mol. The molecule has 0 spiro atoms. The van der Waals surface area contributed by atoms with Crippen molar-refractivity contribution >= 4 is 54.6 Å². The van der Waals surface area contributed by atoms with Gasteiger partial charge in [-0.1, -0.05) is 97.1 Å². The molecule has 5 aromatic carbocycles. The molecule has 0 fully saturated rings. The summed E-state index contributed by atoms with van der Waals surface area (Å²) in [7, 11) is 0. The molecule has 0 atom stereocenters. The van der Waals surface area contributed by atoms with E-state index in [-0.39, 0.29) is 0 Å². The Morgan fingerprint density at radius 1 is 0.465 bits per heavy atom. The minimum absolute atomic E-state index is 0.848. The van der Waals surface area contributed by atoms with Gasteiger partial charge in [0.2, 0.25) is 0 Å². The summed E-state index contributed by atoms with van der Waals surface area (Å²) in [6.45, 7) is 0. The summed E-state index contributed by atoms with van der Waals surface area (Å²) in [4.78, 5) is 14.5. The van der Waals surface area contributed by atoms with E-state index in [0.29, 0.717) is 0 Å². The maximum Gasteiger partial charge on any atom is 0.145 e. The molecule has 0 radical (unpaired) electrons. The third kappa shape index (κ3) is 3.74. The molecule has 0 saturated heterocycles. The van der Waals surface area contributed by atoms with Gasteiger partial charge < -0.3 is 4.42 Å². The zero-order valence-corrected chi connectivity index (χ0v) is 23.0. The summed E-state index contributed by atoms with van der Waals surface area (Å²) < 4.78 is 6.44. The third-order valence-corrected chi connectivity index (χ3v) is 8.38. The van der Waals surface area contributed by atoms with E-state index < -0.39 is 0 Å². The van der Waals surface area contributed by atoms with E-state index in [0.717, 1.165) is 88.2 Å². The Kier molecular flexibility index (Phi) is 5.16. The van der Waals surface area contributed by atoms with Gasteiger partial charge >= 0.3 is 0 Å². The first-order chi connectivity index (χ1) is 21.3. The molecule has 0 saturated carbocycles. The molecular weight excluding hydrogens is 526 g/mol. The molecule has 0 unspecified atom stereocenters. The molecule has 200 valence electrons. The van der Waals surface area contributed by atoms with Crippen LogP contribution in [0.5, 0.6) is 0 Å². The fraction of sp³-hybridized carbons (Fsp3) is 0. The Labute approximate surface area is 246 Å². The Balaban J connectivity index is 1.15. The topological polar surface area (TPSA) is 51.8 Å². The molecule has 4 aromatic heterocycles. The van der Waals surface area contributed by atoms with E-state index in [2.05, 4.69) is 96.0 Å². The molecule has 0 amide bonds. The number of para-hydroxylation sites is 2. The highest BCUT2D eigenvalue weighted by Crippen LogP contribution is 2.40. The lowest BCUT2D eigenvalue weighted by Gasteiger charge is -2.11. The van der Waals surface area contributed by atoms with E-state index in [1.54, 1.807) is 0 Å². The largest absolute Gasteiger partial charge is 0.455 e. The van der Waals surface area contributed by atoms with E-state index >= 15 is 0 Å². The molecule has 4 heteroatoms. The maximum atomic E-state index is 6.44. The summed E-state index contributed by atoms with van der Waals surface area (Å²) in [5.41, 5.74) is 11.0. The Morgan fingerprint density at radius 3 is 1.98 bits per heavy atom. The monoisotopic (exact) mass is 549 g/mol. The number of nitrogens with zero attached hydrogens (tertiary/aromatic N) is 3. The molecule has 9 aromatic rings. The maximum absolute atomic E-state index is 6.44. The van der Waals surface area contributed by atoms with Crippen LogP contribution in [0, 0.1) is 0 Å². The molecule has 0 N–H and O–H groups in total. The molecular formula is C39H23N3O. The van der Waals surface area contributed by atoms with Crippen LogP contribution < -0.4 is 0 Å². The number of benzene rings is 5. The van der Waals surface area contributed by atoms with Gasteiger partial charge in [-0.15, -0.1) is 0 Å². The van der Waals surface area contributed by atoms with Crippen LogP contribution in [0.1, 0.15) is 0 Å². The van der Waals surface area contributed by atoms with Crippen molar-refractivity contribution in [2.45, 2.75) is 0 Å². The number of pyridine rings is 3. The van der Waals surface area contributed by atoms with Crippen LogP contribution >= 0.6 is 0 Å². The third-order valence-electron chi connectivity index (χ3n) is 8.38. The minimum atomic E-state index is 0.848. The molecule has 0 bridgehead atoms. The SMILES string of the molecule is c1cnc2c(-c3ccc(-c4ccc(-c5nc6cccnc6c6c5ccc5c7ccccc7oc56)cc4)cc3)cccc2c1. The van der Waals surface area contributed by atoms with Crippen molar-refractivity contribution in [3.05, 3.63) is 140 Å².